The van der Waals surface area contributed by atoms with Crippen LogP contribution in [0.5, 0.6) is 0 Å². The fourth-order valence-electron chi connectivity index (χ4n) is 3.74. The van der Waals surface area contributed by atoms with Crippen LogP contribution in [0.3, 0.4) is 0 Å². The lowest BCUT2D eigenvalue weighted by atomic mass is 10.1. The summed E-state index contributed by atoms with van der Waals surface area (Å²) in [5.74, 6) is 2.01. The lowest BCUT2D eigenvalue weighted by Gasteiger charge is -2.35. The van der Waals surface area contributed by atoms with Gasteiger partial charge < -0.3 is 14.2 Å². The molecule has 5 rings (SSSR count). The molecule has 4 aromatic rings. The van der Waals surface area contributed by atoms with E-state index in [1.165, 1.54) is 4.21 Å². The zero-order chi connectivity index (χ0) is 21.2. The first-order valence-electron chi connectivity index (χ1n) is 10.0. The molecule has 0 atom stereocenters. The molecule has 31 heavy (non-hydrogen) atoms. The van der Waals surface area contributed by atoms with Gasteiger partial charge in [-0.2, -0.15) is 0 Å². The molecule has 0 spiro atoms. The van der Waals surface area contributed by atoms with Gasteiger partial charge in [0.15, 0.2) is 5.76 Å². The van der Waals surface area contributed by atoms with Crippen LogP contribution in [0.15, 0.2) is 68.7 Å². The molecule has 3 aromatic heterocycles. The first-order chi connectivity index (χ1) is 15.2. The molecule has 1 aliphatic heterocycles. The summed E-state index contributed by atoms with van der Waals surface area (Å²) >= 11 is 9.39. The van der Waals surface area contributed by atoms with Crippen molar-refractivity contribution in [3.05, 3.63) is 76.5 Å². The monoisotopic (exact) mass is 469 g/mol. The molecule has 1 fully saturated rings. The third kappa shape index (κ3) is 4.31. The Labute approximate surface area is 193 Å². The minimum absolute atomic E-state index is 0.0401. The molecule has 0 aliphatic carbocycles. The summed E-state index contributed by atoms with van der Waals surface area (Å²) in [5, 5.41) is 3.70. The topological polar surface area (TPSA) is 49.6 Å². The largest absolute Gasteiger partial charge is 0.451 e. The third-order valence-electron chi connectivity index (χ3n) is 5.35. The van der Waals surface area contributed by atoms with Crippen LogP contribution in [0.4, 0.5) is 5.82 Å². The molecule has 1 aromatic carbocycles. The van der Waals surface area contributed by atoms with Gasteiger partial charge >= 0.3 is 0 Å². The quantitative estimate of drug-likeness (QED) is 0.346. The number of piperazine rings is 1. The molecule has 0 radical (unpaired) electrons. The fraction of sp³-hybridized carbons (Fsp3) is 0.217. The molecule has 5 nitrogen and oxygen atoms in total. The van der Waals surface area contributed by atoms with Crippen molar-refractivity contribution in [3.8, 4) is 0 Å². The fourth-order valence-corrected chi connectivity index (χ4v) is 5.66. The van der Waals surface area contributed by atoms with Gasteiger partial charge in [0.1, 0.15) is 11.4 Å². The Balaban J connectivity index is 1.34. The van der Waals surface area contributed by atoms with E-state index in [2.05, 4.69) is 21.3 Å². The molecule has 4 heterocycles. The first-order valence-corrected chi connectivity index (χ1v) is 12.3. The van der Waals surface area contributed by atoms with Gasteiger partial charge in [-0.15, -0.1) is 23.1 Å². The van der Waals surface area contributed by atoms with Gasteiger partial charge in [0.25, 0.3) is 5.91 Å². The minimum Gasteiger partial charge on any atom is -0.451 e. The number of amides is 1. The number of nitrogens with zero attached hydrogens (tertiary/aromatic N) is 3. The molecule has 0 unspecified atom stereocenters. The van der Waals surface area contributed by atoms with E-state index in [9.17, 15) is 4.79 Å². The van der Waals surface area contributed by atoms with Crippen LogP contribution in [0.2, 0.25) is 5.02 Å². The van der Waals surface area contributed by atoms with Gasteiger partial charge in [0, 0.05) is 49.1 Å². The van der Waals surface area contributed by atoms with Gasteiger partial charge in [-0.25, -0.2) is 4.98 Å². The maximum Gasteiger partial charge on any atom is 0.290 e. The number of pyridine rings is 1. The Morgan fingerprint density at radius 1 is 1.10 bits per heavy atom. The number of carbonyl (C=O) groups is 1. The number of fused-ring (bicyclic) bond motifs is 1. The third-order valence-corrected chi connectivity index (χ3v) is 7.73. The van der Waals surface area contributed by atoms with Crippen molar-refractivity contribution in [3.63, 3.8) is 0 Å². The van der Waals surface area contributed by atoms with Crippen molar-refractivity contribution in [1.29, 1.82) is 0 Å². The van der Waals surface area contributed by atoms with Crippen molar-refractivity contribution < 1.29 is 9.21 Å². The average Bonchev–Trinajstić information content (AvgIpc) is 3.45. The molecular weight excluding hydrogens is 450 g/mol. The highest BCUT2D eigenvalue weighted by Gasteiger charge is 2.28. The molecule has 0 bridgehead atoms. The molecule has 1 aliphatic rings. The maximum absolute atomic E-state index is 13.4. The number of rotatable bonds is 5. The van der Waals surface area contributed by atoms with Crippen LogP contribution in [0.25, 0.3) is 11.0 Å². The van der Waals surface area contributed by atoms with Gasteiger partial charge in [0.05, 0.1) is 9.23 Å². The number of carbonyl (C=O) groups excluding carboxylic acids is 1. The van der Waals surface area contributed by atoms with Crippen LogP contribution in [-0.2, 0) is 5.75 Å². The minimum atomic E-state index is -0.0401. The second kappa shape index (κ2) is 8.94. The smallest absolute Gasteiger partial charge is 0.290 e. The SMILES string of the molecule is O=C(c1oc2ccccc2c1CSc1cccs1)N1CCN(c2ccc(Cl)cn2)CC1. The number of thiophene rings is 1. The molecule has 0 N–H and O–H groups in total. The molecule has 8 heteroatoms. The van der Waals surface area contributed by atoms with E-state index >= 15 is 0 Å². The lowest BCUT2D eigenvalue weighted by Crippen LogP contribution is -2.49. The Hall–Kier alpha value is -2.48. The van der Waals surface area contributed by atoms with Gasteiger partial charge in [-0.3, -0.25) is 4.79 Å². The molecule has 0 saturated carbocycles. The number of furan rings is 1. The maximum atomic E-state index is 13.4. The molecular formula is C23H20ClN3O2S2. The molecule has 1 saturated heterocycles. The van der Waals surface area contributed by atoms with Crippen LogP contribution >= 0.6 is 34.7 Å². The van der Waals surface area contributed by atoms with Crippen LogP contribution in [0, 0.1) is 0 Å². The second-order valence-electron chi connectivity index (χ2n) is 7.24. The number of aromatic nitrogens is 1. The Morgan fingerprint density at radius 2 is 1.94 bits per heavy atom. The molecule has 1 amide bonds. The van der Waals surface area contributed by atoms with E-state index in [4.69, 9.17) is 16.0 Å². The molecule has 158 valence electrons. The summed E-state index contributed by atoms with van der Waals surface area (Å²) in [5.41, 5.74) is 1.73. The van der Waals surface area contributed by atoms with Gasteiger partial charge in [-0.1, -0.05) is 35.9 Å². The average molecular weight is 470 g/mol. The zero-order valence-electron chi connectivity index (χ0n) is 16.7. The van der Waals surface area contributed by atoms with Crippen molar-refractivity contribution in [2.45, 2.75) is 9.96 Å². The summed E-state index contributed by atoms with van der Waals surface area (Å²) in [6, 6.07) is 15.8. The van der Waals surface area contributed by atoms with Crippen molar-refractivity contribution in [1.82, 2.24) is 9.88 Å². The Morgan fingerprint density at radius 3 is 2.68 bits per heavy atom. The van der Waals surface area contributed by atoms with Crippen molar-refractivity contribution in [2.24, 2.45) is 0 Å². The second-order valence-corrected chi connectivity index (χ2v) is 9.90. The number of halogens is 1. The first kappa shape index (κ1) is 20.4. The van der Waals surface area contributed by atoms with E-state index in [1.54, 1.807) is 29.3 Å². The number of anilines is 1. The van der Waals surface area contributed by atoms with E-state index in [0.29, 0.717) is 29.6 Å². The number of thioether (sulfide) groups is 1. The summed E-state index contributed by atoms with van der Waals surface area (Å²) in [6.45, 7) is 2.69. The normalized spacial score (nSPS) is 14.4. The number of benzene rings is 1. The highest BCUT2D eigenvalue weighted by Crippen LogP contribution is 2.34. The van der Waals surface area contributed by atoms with Crippen molar-refractivity contribution in [2.75, 3.05) is 31.1 Å². The summed E-state index contributed by atoms with van der Waals surface area (Å²) in [4.78, 5) is 21.9. The van der Waals surface area contributed by atoms with Crippen LogP contribution < -0.4 is 4.90 Å². The van der Waals surface area contributed by atoms with Gasteiger partial charge in [-0.05, 0) is 29.6 Å². The highest BCUT2D eigenvalue weighted by atomic mass is 35.5. The van der Waals surface area contributed by atoms with E-state index in [0.717, 1.165) is 35.4 Å². The van der Waals surface area contributed by atoms with Crippen molar-refractivity contribution >= 4 is 57.4 Å². The summed E-state index contributed by atoms with van der Waals surface area (Å²) in [6.07, 6.45) is 1.65. The highest BCUT2D eigenvalue weighted by molar-refractivity contribution is 8.00. The Bertz CT molecular complexity index is 1180. The summed E-state index contributed by atoms with van der Waals surface area (Å²) in [7, 11) is 0. The van der Waals surface area contributed by atoms with E-state index < -0.39 is 0 Å². The standard InChI is InChI=1S/C23H20ClN3O2S2/c24-16-7-8-20(25-14-16)26-9-11-27(12-10-26)23(28)22-18(15-31-21-6-3-13-30-21)17-4-1-2-5-19(17)29-22/h1-8,13-14H,9-12,15H2. The van der Waals surface area contributed by atoms with E-state index in [1.807, 2.05) is 47.4 Å². The Kier molecular flexibility index (Phi) is 5.89. The number of hydrogen-bond donors (Lipinski definition) is 0. The lowest BCUT2D eigenvalue weighted by molar-refractivity contribution is 0.0715. The summed E-state index contributed by atoms with van der Waals surface area (Å²) < 4.78 is 7.30. The van der Waals surface area contributed by atoms with Crippen LogP contribution in [0.1, 0.15) is 16.1 Å². The predicted molar refractivity (Wildman–Crippen MR) is 127 cm³/mol. The number of para-hydroxylation sites is 1. The predicted octanol–water partition coefficient (Wildman–Crippen LogP) is 5.80. The van der Waals surface area contributed by atoms with Crippen LogP contribution in [-0.4, -0.2) is 42.0 Å². The van der Waals surface area contributed by atoms with Gasteiger partial charge in [0.2, 0.25) is 0 Å². The van der Waals surface area contributed by atoms with E-state index in [-0.39, 0.29) is 5.91 Å². The zero-order valence-corrected chi connectivity index (χ0v) is 19.1. The number of hydrogen-bond acceptors (Lipinski definition) is 6.